The van der Waals surface area contributed by atoms with E-state index in [9.17, 15) is 0 Å². The van der Waals surface area contributed by atoms with Gasteiger partial charge in [0.15, 0.2) is 20.3 Å². The van der Waals surface area contributed by atoms with Gasteiger partial charge in [-0.1, -0.05) is 51.1 Å². The first-order valence-corrected chi connectivity index (χ1v) is 15.8. The average Bonchev–Trinajstić information content (AvgIpc) is 3.22. The molecule has 0 unspecified atom stereocenters. The number of hydrogen-bond donors (Lipinski definition) is 1. The van der Waals surface area contributed by atoms with Gasteiger partial charge in [-0.2, -0.15) is 4.98 Å². The van der Waals surface area contributed by atoms with Crippen molar-refractivity contribution in [2.75, 3.05) is 18.9 Å². The number of imidazole rings is 1. The molecule has 2 fully saturated rings. The molecule has 2 aromatic heterocycles. The Balaban J connectivity index is 1.55. The number of nitrogens with two attached hydrogens (primary N) is 1. The van der Waals surface area contributed by atoms with Gasteiger partial charge in [-0.25, -0.2) is 9.97 Å². The van der Waals surface area contributed by atoms with Crippen molar-refractivity contribution in [2.45, 2.75) is 69.5 Å². The highest BCUT2D eigenvalue weighted by Crippen LogP contribution is 2.43. The molecule has 4 heterocycles. The van der Waals surface area contributed by atoms with Gasteiger partial charge in [0, 0.05) is 5.56 Å². The lowest BCUT2D eigenvalue weighted by Crippen LogP contribution is -2.60. The van der Waals surface area contributed by atoms with Gasteiger partial charge in [0.05, 0.1) is 31.7 Å². The number of ether oxygens (including phenoxy) is 3. The van der Waals surface area contributed by atoms with Crippen molar-refractivity contribution < 1.29 is 18.6 Å². The zero-order valence-corrected chi connectivity index (χ0v) is 23.8. The fraction of sp³-hybridized carbons (Fsp3) is 0.542. The van der Waals surface area contributed by atoms with E-state index in [4.69, 9.17) is 24.4 Å². The Hall–Kier alpha value is -1.64. The highest BCUT2D eigenvalue weighted by molar-refractivity contribution is 14.1. The van der Waals surface area contributed by atoms with Gasteiger partial charge in [0.1, 0.15) is 21.4 Å². The molecule has 0 spiro atoms. The first kappa shape index (κ1) is 25.0. The van der Waals surface area contributed by atoms with Crippen LogP contribution in [0.2, 0.25) is 18.1 Å². The van der Waals surface area contributed by atoms with Crippen LogP contribution in [0.3, 0.4) is 0 Å². The SMILES string of the molecule is CC(C)(C)[Si](C)(C)O[C@H]1[C@@H]2O[C@H](c3ccccc3)OC[C@H]2OC[C@H]1n1cnc2c(I)nc(N)nc21. The zero-order chi connectivity index (χ0) is 25.0. The standard InChI is InChI=1S/C24H32IN5O4Si/c1-24(2,3)35(4,5)34-18-15(30-13-27-17-20(25)28-23(26)29-21(17)30)11-31-16-12-32-22(33-19(16)18)14-9-7-6-8-10-14/h6-10,13,15-16,18-19,22H,11-12H2,1-5H3,(H2,26,28,29)/t15-,16-,18-,19-,22-/m1/s1. The number of nitrogen functional groups attached to an aromatic ring is 1. The molecule has 1 aromatic carbocycles. The first-order chi connectivity index (χ1) is 16.5. The maximum absolute atomic E-state index is 7.10. The molecule has 3 aromatic rings. The van der Waals surface area contributed by atoms with Crippen LogP contribution >= 0.6 is 22.6 Å². The van der Waals surface area contributed by atoms with Crippen molar-refractivity contribution in [1.29, 1.82) is 0 Å². The summed E-state index contributed by atoms with van der Waals surface area (Å²) in [5.41, 5.74) is 8.36. The monoisotopic (exact) mass is 609 g/mol. The van der Waals surface area contributed by atoms with E-state index >= 15 is 0 Å². The van der Waals surface area contributed by atoms with Crippen LogP contribution in [0.25, 0.3) is 11.2 Å². The fourth-order valence-corrected chi connectivity index (χ4v) is 6.29. The Morgan fingerprint density at radius 1 is 1.11 bits per heavy atom. The molecule has 11 heteroatoms. The van der Waals surface area contributed by atoms with Gasteiger partial charge in [0.2, 0.25) is 5.95 Å². The van der Waals surface area contributed by atoms with Crippen LogP contribution in [-0.4, -0.2) is 59.4 Å². The minimum absolute atomic E-state index is 0.0222. The number of nitrogens with zero attached hydrogens (tertiary/aromatic N) is 4. The second-order valence-corrected chi connectivity index (χ2v) is 16.4. The van der Waals surface area contributed by atoms with Crippen molar-refractivity contribution in [3.8, 4) is 0 Å². The number of hydrogen-bond acceptors (Lipinski definition) is 8. The van der Waals surface area contributed by atoms with E-state index in [0.29, 0.717) is 28.1 Å². The van der Waals surface area contributed by atoms with Crippen LogP contribution in [0.5, 0.6) is 0 Å². The molecule has 2 N–H and O–H groups in total. The smallest absolute Gasteiger partial charge is 0.223 e. The number of fused-ring (bicyclic) bond motifs is 2. The molecule has 0 radical (unpaired) electrons. The largest absolute Gasteiger partial charge is 0.409 e. The lowest BCUT2D eigenvalue weighted by molar-refractivity contribution is -0.304. The van der Waals surface area contributed by atoms with Gasteiger partial charge in [-0.15, -0.1) is 0 Å². The molecule has 9 nitrogen and oxygen atoms in total. The van der Waals surface area contributed by atoms with E-state index in [1.54, 1.807) is 6.33 Å². The summed E-state index contributed by atoms with van der Waals surface area (Å²) < 4.78 is 28.8. The predicted octanol–water partition coefficient (Wildman–Crippen LogP) is 4.46. The molecule has 5 atom stereocenters. The third-order valence-corrected chi connectivity index (χ3v) is 12.5. The summed E-state index contributed by atoms with van der Waals surface area (Å²) in [6.45, 7) is 12.1. The van der Waals surface area contributed by atoms with Crippen LogP contribution in [0, 0.1) is 3.70 Å². The van der Waals surface area contributed by atoms with Crippen molar-refractivity contribution in [3.05, 3.63) is 45.9 Å². The normalized spacial score (nSPS) is 27.7. The van der Waals surface area contributed by atoms with E-state index in [2.05, 4.69) is 71.4 Å². The first-order valence-electron chi connectivity index (χ1n) is 11.8. The Bertz CT molecular complexity index is 1200. The van der Waals surface area contributed by atoms with Crippen molar-refractivity contribution in [2.24, 2.45) is 0 Å². The van der Waals surface area contributed by atoms with E-state index in [1.807, 2.05) is 34.9 Å². The maximum Gasteiger partial charge on any atom is 0.223 e. The van der Waals surface area contributed by atoms with Gasteiger partial charge in [-0.3, -0.25) is 0 Å². The van der Waals surface area contributed by atoms with Crippen LogP contribution in [0.1, 0.15) is 38.7 Å². The topological polar surface area (TPSA) is 107 Å². The highest BCUT2D eigenvalue weighted by atomic mass is 127. The summed E-state index contributed by atoms with van der Waals surface area (Å²) in [5, 5.41) is 0.0222. The molecule has 2 aliphatic rings. The number of aromatic nitrogens is 4. The summed E-state index contributed by atoms with van der Waals surface area (Å²) in [5.74, 6) is 0.214. The van der Waals surface area contributed by atoms with Crippen LogP contribution in [0.15, 0.2) is 36.7 Å². The lowest BCUT2D eigenvalue weighted by atomic mass is 9.97. The van der Waals surface area contributed by atoms with Gasteiger partial charge in [-0.05, 0) is 40.7 Å². The molecule has 0 aliphatic carbocycles. The molecule has 35 heavy (non-hydrogen) atoms. The summed E-state index contributed by atoms with van der Waals surface area (Å²) in [6, 6.07) is 9.79. The van der Waals surface area contributed by atoms with E-state index in [0.717, 1.165) is 5.56 Å². The molecule has 0 bridgehead atoms. The Kier molecular flexibility index (Phi) is 6.68. The molecular formula is C24H32IN5O4Si. The van der Waals surface area contributed by atoms with Crippen LogP contribution in [0.4, 0.5) is 5.95 Å². The summed E-state index contributed by atoms with van der Waals surface area (Å²) in [6.07, 6.45) is 0.471. The lowest BCUT2D eigenvalue weighted by Gasteiger charge is -2.50. The van der Waals surface area contributed by atoms with Crippen molar-refractivity contribution in [1.82, 2.24) is 19.5 Å². The second kappa shape index (κ2) is 9.34. The number of benzene rings is 1. The van der Waals surface area contributed by atoms with E-state index in [1.165, 1.54) is 0 Å². The molecule has 0 amide bonds. The molecule has 2 aliphatic heterocycles. The number of halogens is 1. The number of rotatable bonds is 4. The molecule has 2 saturated heterocycles. The predicted molar refractivity (Wildman–Crippen MR) is 143 cm³/mol. The van der Waals surface area contributed by atoms with Crippen molar-refractivity contribution in [3.63, 3.8) is 0 Å². The Morgan fingerprint density at radius 2 is 1.86 bits per heavy atom. The van der Waals surface area contributed by atoms with Crippen molar-refractivity contribution >= 4 is 48.0 Å². The third-order valence-electron chi connectivity index (χ3n) is 7.31. The quantitative estimate of drug-likeness (QED) is 0.263. The summed E-state index contributed by atoms with van der Waals surface area (Å²) >= 11 is 2.14. The van der Waals surface area contributed by atoms with E-state index in [-0.39, 0.29) is 35.3 Å². The molecular weight excluding hydrogens is 577 g/mol. The Labute approximate surface area is 220 Å². The fourth-order valence-electron chi connectivity index (χ4n) is 4.34. The summed E-state index contributed by atoms with van der Waals surface area (Å²) in [4.78, 5) is 13.4. The van der Waals surface area contributed by atoms with Crippen LogP contribution < -0.4 is 5.73 Å². The van der Waals surface area contributed by atoms with Gasteiger partial charge in [0.25, 0.3) is 0 Å². The highest BCUT2D eigenvalue weighted by Gasteiger charge is 2.51. The molecule has 188 valence electrons. The third kappa shape index (κ3) is 4.73. The van der Waals surface area contributed by atoms with Gasteiger partial charge >= 0.3 is 0 Å². The number of anilines is 1. The average molecular weight is 610 g/mol. The zero-order valence-electron chi connectivity index (χ0n) is 20.6. The summed E-state index contributed by atoms with van der Waals surface area (Å²) in [7, 11) is -2.18. The van der Waals surface area contributed by atoms with Gasteiger partial charge < -0.3 is 28.9 Å². The Morgan fingerprint density at radius 3 is 2.57 bits per heavy atom. The van der Waals surface area contributed by atoms with Crippen LogP contribution in [-0.2, 0) is 18.6 Å². The van der Waals surface area contributed by atoms with E-state index < -0.39 is 14.6 Å². The second-order valence-electron chi connectivity index (χ2n) is 10.7. The minimum atomic E-state index is -2.18. The molecule has 5 rings (SSSR count). The maximum atomic E-state index is 7.10. The minimum Gasteiger partial charge on any atom is -0.409 e. The molecule has 0 saturated carbocycles.